The molecule has 0 amide bonds. The van der Waals surface area contributed by atoms with Crippen LogP contribution in [-0.2, 0) is 22.6 Å². The molecular weight excluding hydrogens is 514 g/mol. The topological polar surface area (TPSA) is 75.9 Å². The third-order valence-electron chi connectivity index (χ3n) is 7.85. The van der Waals surface area contributed by atoms with Crippen LogP contribution in [-0.4, -0.2) is 58.0 Å². The van der Waals surface area contributed by atoms with Crippen molar-refractivity contribution in [2.24, 2.45) is 0 Å². The van der Waals surface area contributed by atoms with E-state index in [-0.39, 0.29) is 10.9 Å². The van der Waals surface area contributed by atoms with Gasteiger partial charge in [-0.05, 0) is 44.7 Å². The number of esters is 1. The van der Waals surface area contributed by atoms with Crippen molar-refractivity contribution in [3.05, 3.63) is 81.9 Å². The Labute approximate surface area is 247 Å². The van der Waals surface area contributed by atoms with Crippen LogP contribution in [0.25, 0.3) is 0 Å². The van der Waals surface area contributed by atoms with Crippen LogP contribution in [0, 0.1) is 10.1 Å². The fourth-order valence-corrected chi connectivity index (χ4v) is 5.82. The molecule has 41 heavy (non-hydrogen) atoms. The maximum Gasteiger partial charge on any atom is 0.306 e. The molecule has 0 aromatic heterocycles. The number of nitrogens with zero attached hydrogens (tertiary/aromatic N) is 3. The number of benzene rings is 2. The zero-order valence-corrected chi connectivity index (χ0v) is 25.6. The molecule has 0 spiro atoms. The van der Waals surface area contributed by atoms with Crippen LogP contribution in [0.15, 0.2) is 60.7 Å². The van der Waals surface area contributed by atoms with Crippen molar-refractivity contribution in [3.63, 3.8) is 0 Å². The monoisotopic (exact) mass is 565 g/mol. The lowest BCUT2D eigenvalue weighted by Crippen LogP contribution is -2.52. The molecule has 0 N–H and O–H groups in total. The molecule has 1 aliphatic heterocycles. The van der Waals surface area contributed by atoms with Crippen molar-refractivity contribution in [2.75, 3.05) is 26.2 Å². The number of hydrogen-bond donors (Lipinski definition) is 0. The molecule has 7 nitrogen and oxygen atoms in total. The van der Waals surface area contributed by atoms with Gasteiger partial charge in [-0.1, -0.05) is 99.2 Å². The molecule has 1 saturated heterocycles. The highest BCUT2D eigenvalue weighted by atomic mass is 16.6. The van der Waals surface area contributed by atoms with Gasteiger partial charge >= 0.3 is 5.97 Å². The third kappa shape index (κ3) is 12.3. The van der Waals surface area contributed by atoms with E-state index < -0.39 is 11.1 Å². The second-order valence-corrected chi connectivity index (χ2v) is 12.8. The number of carbonyl (C=O) groups is 1. The lowest BCUT2D eigenvalue weighted by Gasteiger charge is -2.30. The van der Waals surface area contributed by atoms with E-state index in [1.807, 2.05) is 57.2 Å². The van der Waals surface area contributed by atoms with E-state index in [0.717, 1.165) is 77.5 Å². The van der Waals surface area contributed by atoms with E-state index in [4.69, 9.17) is 4.74 Å². The Morgan fingerprint density at radius 1 is 0.780 bits per heavy atom. The second kappa shape index (κ2) is 16.6. The summed E-state index contributed by atoms with van der Waals surface area (Å²) in [5.41, 5.74) is 1.02. The molecule has 0 radical (unpaired) electrons. The summed E-state index contributed by atoms with van der Waals surface area (Å²) in [5, 5.41) is 12.7. The normalized spacial score (nSPS) is 16.3. The van der Waals surface area contributed by atoms with E-state index in [9.17, 15) is 14.9 Å². The Morgan fingerprint density at radius 2 is 1.22 bits per heavy atom. The number of unbranched alkanes of at least 4 members (excludes halogenated alkanes) is 7. The van der Waals surface area contributed by atoms with E-state index in [0.29, 0.717) is 25.9 Å². The van der Waals surface area contributed by atoms with Gasteiger partial charge in [-0.3, -0.25) is 24.7 Å². The molecule has 1 fully saturated rings. The van der Waals surface area contributed by atoms with Crippen molar-refractivity contribution >= 4 is 5.97 Å². The zero-order chi connectivity index (χ0) is 29.6. The van der Waals surface area contributed by atoms with Crippen molar-refractivity contribution < 1.29 is 14.5 Å². The SMILES string of the molecule is CC(C)(C)OC(=O)CCCCCCCCCCC1([N+](=O)[O-])CN(Cc2ccccc2)CCN(Cc2ccccc2)C1. The Balaban J connectivity index is 1.48. The van der Waals surface area contributed by atoms with Gasteiger partial charge in [-0.15, -0.1) is 0 Å². The lowest BCUT2D eigenvalue weighted by atomic mass is 9.91. The highest BCUT2D eigenvalue weighted by Gasteiger charge is 2.47. The predicted molar refractivity (Wildman–Crippen MR) is 165 cm³/mol. The molecule has 226 valence electrons. The van der Waals surface area contributed by atoms with Crippen LogP contribution >= 0.6 is 0 Å². The zero-order valence-electron chi connectivity index (χ0n) is 25.6. The summed E-state index contributed by atoms with van der Waals surface area (Å²) in [4.78, 5) is 29.2. The molecule has 3 rings (SSSR count). The van der Waals surface area contributed by atoms with Crippen LogP contribution in [0.2, 0.25) is 0 Å². The van der Waals surface area contributed by atoms with Crippen LogP contribution in [0.4, 0.5) is 0 Å². The van der Waals surface area contributed by atoms with Gasteiger partial charge in [-0.25, -0.2) is 0 Å². The minimum absolute atomic E-state index is 0.0268. The summed E-state index contributed by atoms with van der Waals surface area (Å²) < 4.78 is 5.37. The molecule has 2 aromatic carbocycles. The minimum atomic E-state index is -0.971. The first kappa shape index (κ1) is 32.7. The molecule has 7 heteroatoms. The summed E-state index contributed by atoms with van der Waals surface area (Å²) in [5.74, 6) is -0.111. The lowest BCUT2D eigenvalue weighted by molar-refractivity contribution is -0.571. The van der Waals surface area contributed by atoms with Gasteiger partial charge in [0.2, 0.25) is 5.54 Å². The third-order valence-corrected chi connectivity index (χ3v) is 7.85. The molecule has 0 atom stereocenters. The Hall–Kier alpha value is -2.77. The fraction of sp³-hybridized carbons (Fsp3) is 0.618. The van der Waals surface area contributed by atoms with Crippen molar-refractivity contribution in [2.45, 2.75) is 109 Å². The molecular formula is C34H51N3O4. The first-order chi connectivity index (χ1) is 19.7. The quantitative estimate of drug-likeness (QED) is 0.0923. The smallest absolute Gasteiger partial charge is 0.306 e. The van der Waals surface area contributed by atoms with Crippen LogP contribution in [0.3, 0.4) is 0 Å². The van der Waals surface area contributed by atoms with E-state index in [2.05, 4.69) is 34.1 Å². The summed E-state index contributed by atoms with van der Waals surface area (Å²) in [6.45, 7) is 9.79. The summed E-state index contributed by atoms with van der Waals surface area (Å²) in [6.07, 6.45) is 9.39. The number of ether oxygens (including phenoxy) is 1. The molecule has 0 aliphatic carbocycles. The van der Waals surface area contributed by atoms with E-state index in [1.54, 1.807) is 0 Å². The van der Waals surface area contributed by atoms with Crippen LogP contribution in [0.1, 0.15) is 96.1 Å². The Bertz CT molecular complexity index is 987. The molecule has 1 heterocycles. The maximum absolute atomic E-state index is 12.7. The summed E-state index contributed by atoms with van der Waals surface area (Å²) in [7, 11) is 0. The van der Waals surface area contributed by atoms with E-state index >= 15 is 0 Å². The van der Waals surface area contributed by atoms with Crippen LogP contribution < -0.4 is 0 Å². The average Bonchev–Trinajstić information content (AvgIpc) is 3.09. The predicted octanol–water partition coefficient (Wildman–Crippen LogP) is 7.26. The fourth-order valence-electron chi connectivity index (χ4n) is 5.82. The van der Waals surface area contributed by atoms with Gasteiger partial charge in [0.25, 0.3) is 0 Å². The Kier molecular flexibility index (Phi) is 13.3. The van der Waals surface area contributed by atoms with E-state index in [1.165, 1.54) is 11.1 Å². The number of hydrogen-bond acceptors (Lipinski definition) is 6. The van der Waals surface area contributed by atoms with Crippen molar-refractivity contribution in [1.82, 2.24) is 9.80 Å². The van der Waals surface area contributed by atoms with Crippen LogP contribution in [0.5, 0.6) is 0 Å². The first-order valence-corrected chi connectivity index (χ1v) is 15.5. The number of carbonyl (C=O) groups excluding carboxylic acids is 1. The largest absolute Gasteiger partial charge is 0.460 e. The second-order valence-electron chi connectivity index (χ2n) is 12.8. The van der Waals surface area contributed by atoms with Gasteiger partial charge in [0, 0.05) is 43.9 Å². The number of nitro groups is 1. The highest BCUT2D eigenvalue weighted by molar-refractivity contribution is 5.69. The standard InChI is InChI=1S/C34H51N3O4/c1-33(2,3)41-32(38)22-16-8-6-4-5-7-9-17-23-34(37(39)40)28-35(26-30-18-12-10-13-19-30)24-25-36(29-34)27-31-20-14-11-15-21-31/h10-15,18-21H,4-9,16-17,22-29H2,1-3H3. The highest BCUT2D eigenvalue weighted by Crippen LogP contribution is 2.27. The maximum atomic E-state index is 12.7. The van der Waals surface area contributed by atoms with Crippen molar-refractivity contribution in [3.8, 4) is 0 Å². The Morgan fingerprint density at radius 3 is 1.66 bits per heavy atom. The van der Waals surface area contributed by atoms with Gasteiger partial charge in [0.1, 0.15) is 5.60 Å². The van der Waals surface area contributed by atoms with Crippen molar-refractivity contribution in [1.29, 1.82) is 0 Å². The van der Waals surface area contributed by atoms with Gasteiger partial charge in [-0.2, -0.15) is 0 Å². The molecule has 1 aliphatic rings. The molecule has 0 bridgehead atoms. The molecule has 2 aromatic rings. The molecule has 0 unspecified atom stereocenters. The van der Waals surface area contributed by atoms with Gasteiger partial charge < -0.3 is 4.74 Å². The van der Waals surface area contributed by atoms with Gasteiger partial charge in [0.15, 0.2) is 0 Å². The average molecular weight is 566 g/mol. The summed E-state index contributed by atoms with van der Waals surface area (Å²) in [6, 6.07) is 20.6. The minimum Gasteiger partial charge on any atom is -0.460 e. The number of rotatable bonds is 16. The van der Waals surface area contributed by atoms with Gasteiger partial charge in [0.05, 0.1) is 13.1 Å². The summed E-state index contributed by atoms with van der Waals surface area (Å²) >= 11 is 0. The molecule has 0 saturated carbocycles. The first-order valence-electron chi connectivity index (χ1n) is 15.5.